The number of rotatable bonds is 9. The molecule has 0 heterocycles. The molecule has 1 aromatic rings. The maximum Gasteiger partial charge on any atom is 0.240 e. The fourth-order valence-electron chi connectivity index (χ4n) is 2.09. The van der Waals surface area contributed by atoms with Crippen LogP contribution in [0.15, 0.2) is 29.2 Å². The summed E-state index contributed by atoms with van der Waals surface area (Å²) in [5.74, 6) is 0. The van der Waals surface area contributed by atoms with Gasteiger partial charge >= 0.3 is 0 Å². The zero-order valence-electron chi connectivity index (χ0n) is 12.8. The molecular formula is C15H27ClN2O2S. The van der Waals surface area contributed by atoms with Crippen molar-refractivity contribution in [2.24, 2.45) is 5.73 Å². The zero-order valence-corrected chi connectivity index (χ0v) is 14.5. The molecule has 0 saturated carbocycles. The third-order valence-corrected chi connectivity index (χ3v) is 4.82. The molecule has 0 spiro atoms. The van der Waals surface area contributed by atoms with Crippen LogP contribution in [0.1, 0.15) is 45.1 Å². The highest BCUT2D eigenvalue weighted by atomic mass is 35.5. The number of unbranched alkanes of at least 4 members (excludes halogenated alkanes) is 1. The first-order valence-electron chi connectivity index (χ1n) is 7.34. The standard InChI is InChI=1S/C15H26N2O2S.ClH/c1-3-5-7-14(12-16)17-20(18,19)15-10-8-13(6-4-2)9-11-15;/h8-11,14,17H,3-7,12,16H2,1-2H3;1H. The molecule has 0 aromatic heterocycles. The molecule has 0 fully saturated rings. The highest BCUT2D eigenvalue weighted by molar-refractivity contribution is 7.89. The Kier molecular flexibility index (Phi) is 9.86. The van der Waals surface area contributed by atoms with E-state index in [2.05, 4.69) is 18.6 Å². The Morgan fingerprint density at radius 1 is 1.14 bits per heavy atom. The number of nitrogens with two attached hydrogens (primary N) is 1. The molecule has 1 aromatic carbocycles. The van der Waals surface area contributed by atoms with E-state index >= 15 is 0 Å². The van der Waals surface area contributed by atoms with Crippen LogP contribution in [0, 0.1) is 0 Å². The first-order chi connectivity index (χ1) is 9.53. The molecular weight excluding hydrogens is 308 g/mol. The van der Waals surface area contributed by atoms with Gasteiger partial charge in [-0.3, -0.25) is 0 Å². The SMILES string of the molecule is CCCCC(CN)NS(=O)(=O)c1ccc(CCC)cc1.Cl. The molecule has 0 aliphatic heterocycles. The first kappa shape index (κ1) is 20.4. The van der Waals surface area contributed by atoms with E-state index in [-0.39, 0.29) is 18.4 Å². The lowest BCUT2D eigenvalue weighted by molar-refractivity contribution is 0.516. The van der Waals surface area contributed by atoms with Gasteiger partial charge in [0.05, 0.1) is 4.90 Å². The molecule has 4 nitrogen and oxygen atoms in total. The molecule has 122 valence electrons. The van der Waals surface area contributed by atoms with Crippen molar-refractivity contribution in [3.8, 4) is 0 Å². The Balaban J connectivity index is 0.00000400. The van der Waals surface area contributed by atoms with Gasteiger partial charge in [0.25, 0.3) is 0 Å². The van der Waals surface area contributed by atoms with Crippen molar-refractivity contribution in [1.82, 2.24) is 4.72 Å². The number of hydrogen-bond donors (Lipinski definition) is 2. The van der Waals surface area contributed by atoms with Gasteiger partial charge < -0.3 is 5.73 Å². The van der Waals surface area contributed by atoms with Crippen LogP contribution in [0.25, 0.3) is 0 Å². The van der Waals surface area contributed by atoms with Gasteiger partial charge in [-0.15, -0.1) is 12.4 Å². The highest BCUT2D eigenvalue weighted by Crippen LogP contribution is 2.13. The van der Waals surface area contributed by atoms with Crippen molar-refractivity contribution in [2.75, 3.05) is 6.54 Å². The lowest BCUT2D eigenvalue weighted by Gasteiger charge is -2.16. The number of hydrogen-bond acceptors (Lipinski definition) is 3. The molecule has 3 N–H and O–H groups in total. The van der Waals surface area contributed by atoms with Gasteiger partial charge in [0.2, 0.25) is 10.0 Å². The van der Waals surface area contributed by atoms with Gasteiger partial charge in [0.15, 0.2) is 0 Å². The van der Waals surface area contributed by atoms with Gasteiger partial charge in [-0.05, 0) is 30.5 Å². The van der Waals surface area contributed by atoms with E-state index in [0.29, 0.717) is 11.4 Å². The van der Waals surface area contributed by atoms with E-state index in [1.54, 1.807) is 12.1 Å². The number of nitrogens with one attached hydrogen (secondary N) is 1. The summed E-state index contributed by atoms with van der Waals surface area (Å²) < 4.78 is 27.2. The second kappa shape index (κ2) is 10.2. The van der Waals surface area contributed by atoms with Crippen LogP contribution >= 0.6 is 12.4 Å². The monoisotopic (exact) mass is 334 g/mol. The van der Waals surface area contributed by atoms with Gasteiger partial charge in [-0.1, -0.05) is 45.2 Å². The van der Waals surface area contributed by atoms with Gasteiger partial charge in [-0.25, -0.2) is 13.1 Å². The van der Waals surface area contributed by atoms with Crippen LogP contribution < -0.4 is 10.5 Å². The van der Waals surface area contributed by atoms with E-state index in [1.807, 2.05) is 12.1 Å². The van der Waals surface area contributed by atoms with E-state index in [0.717, 1.165) is 37.7 Å². The summed E-state index contributed by atoms with van der Waals surface area (Å²) in [6.07, 6.45) is 4.80. The summed E-state index contributed by atoms with van der Waals surface area (Å²) in [6.45, 7) is 4.51. The summed E-state index contributed by atoms with van der Waals surface area (Å²) >= 11 is 0. The average molecular weight is 335 g/mol. The second-order valence-corrected chi connectivity index (χ2v) is 6.80. The fourth-order valence-corrected chi connectivity index (χ4v) is 3.37. The van der Waals surface area contributed by atoms with Crippen LogP contribution in [-0.4, -0.2) is 21.0 Å². The minimum atomic E-state index is -3.46. The topological polar surface area (TPSA) is 72.2 Å². The van der Waals surface area contributed by atoms with Crippen LogP contribution in [0.4, 0.5) is 0 Å². The first-order valence-corrected chi connectivity index (χ1v) is 8.83. The summed E-state index contributed by atoms with van der Waals surface area (Å²) in [5, 5.41) is 0. The molecule has 0 saturated heterocycles. The maximum absolute atomic E-state index is 12.3. The number of benzene rings is 1. The third-order valence-electron chi connectivity index (χ3n) is 3.28. The van der Waals surface area contributed by atoms with Gasteiger partial charge in [0.1, 0.15) is 0 Å². The third kappa shape index (κ3) is 6.78. The zero-order chi connectivity index (χ0) is 15.0. The largest absolute Gasteiger partial charge is 0.329 e. The van der Waals surface area contributed by atoms with Crippen molar-refractivity contribution in [2.45, 2.75) is 56.9 Å². The molecule has 0 aliphatic carbocycles. The smallest absolute Gasteiger partial charge is 0.240 e. The summed E-state index contributed by atoms with van der Waals surface area (Å²) in [6, 6.07) is 6.90. The fraction of sp³-hybridized carbons (Fsp3) is 0.600. The Bertz CT molecular complexity index is 489. The normalized spacial score (nSPS) is 12.7. The summed E-state index contributed by atoms with van der Waals surface area (Å²) in [5.41, 5.74) is 6.80. The van der Waals surface area contributed by atoms with Crippen molar-refractivity contribution in [3.63, 3.8) is 0 Å². The predicted octanol–water partition coefficient (Wildman–Crippen LogP) is 2.86. The summed E-state index contributed by atoms with van der Waals surface area (Å²) in [7, 11) is -3.46. The van der Waals surface area contributed by atoms with E-state index in [4.69, 9.17) is 5.73 Å². The van der Waals surface area contributed by atoms with E-state index in [9.17, 15) is 8.42 Å². The minimum absolute atomic E-state index is 0. The quantitative estimate of drug-likeness (QED) is 0.729. The Hall–Kier alpha value is -0.620. The Morgan fingerprint density at radius 3 is 2.24 bits per heavy atom. The number of sulfonamides is 1. The van der Waals surface area contributed by atoms with Crippen molar-refractivity contribution >= 4 is 22.4 Å². The van der Waals surface area contributed by atoms with Crippen molar-refractivity contribution in [1.29, 1.82) is 0 Å². The maximum atomic E-state index is 12.3. The molecule has 1 rings (SSSR count). The molecule has 0 bridgehead atoms. The van der Waals surface area contributed by atoms with Crippen molar-refractivity contribution in [3.05, 3.63) is 29.8 Å². The molecule has 6 heteroatoms. The van der Waals surface area contributed by atoms with Crippen LogP contribution in [0.2, 0.25) is 0 Å². The van der Waals surface area contributed by atoms with Gasteiger partial charge in [-0.2, -0.15) is 0 Å². The van der Waals surface area contributed by atoms with Crippen LogP contribution in [0.3, 0.4) is 0 Å². The van der Waals surface area contributed by atoms with Crippen molar-refractivity contribution < 1.29 is 8.42 Å². The Morgan fingerprint density at radius 2 is 1.76 bits per heavy atom. The lowest BCUT2D eigenvalue weighted by Crippen LogP contribution is -2.40. The average Bonchev–Trinajstić information content (AvgIpc) is 2.44. The number of aryl methyl sites for hydroxylation is 1. The molecule has 0 radical (unpaired) electrons. The lowest BCUT2D eigenvalue weighted by atomic mass is 10.1. The van der Waals surface area contributed by atoms with Crippen LogP contribution in [0.5, 0.6) is 0 Å². The molecule has 0 amide bonds. The summed E-state index contributed by atoms with van der Waals surface area (Å²) in [4.78, 5) is 0.312. The molecule has 21 heavy (non-hydrogen) atoms. The van der Waals surface area contributed by atoms with Crippen LogP contribution in [-0.2, 0) is 16.4 Å². The Labute approximate surface area is 135 Å². The molecule has 1 atom stereocenters. The van der Waals surface area contributed by atoms with E-state index in [1.165, 1.54) is 0 Å². The number of halogens is 1. The molecule has 0 aliphatic rings. The predicted molar refractivity (Wildman–Crippen MR) is 90.4 cm³/mol. The second-order valence-electron chi connectivity index (χ2n) is 5.09. The highest BCUT2D eigenvalue weighted by Gasteiger charge is 2.18. The van der Waals surface area contributed by atoms with Gasteiger partial charge in [0, 0.05) is 12.6 Å². The van der Waals surface area contributed by atoms with E-state index < -0.39 is 10.0 Å². The molecule has 1 unspecified atom stereocenters. The minimum Gasteiger partial charge on any atom is -0.329 e.